The summed E-state index contributed by atoms with van der Waals surface area (Å²) >= 11 is 0. The molecule has 0 fully saturated rings. The molecule has 2 N–H and O–H groups in total. The van der Waals surface area contributed by atoms with Crippen LogP contribution in [0.25, 0.3) is 21.8 Å². The Labute approximate surface area is 188 Å². The molecule has 0 radical (unpaired) electrons. The van der Waals surface area contributed by atoms with Crippen LogP contribution in [0.5, 0.6) is 5.75 Å². The Morgan fingerprint density at radius 2 is 1.44 bits per heavy atom. The molecule has 0 spiro atoms. The first kappa shape index (κ1) is 21.8. The van der Waals surface area contributed by atoms with Crippen LogP contribution in [-0.2, 0) is 6.18 Å². The number of alkyl halides is 3. The molecule has 3 aromatic carbocycles. The zero-order chi connectivity index (χ0) is 21.6. The Kier molecular flexibility index (Phi) is 5.65. The number of ether oxygens (including phenoxy) is 1. The Hall–Kier alpha value is -3.38. The van der Waals surface area contributed by atoms with Crippen molar-refractivity contribution < 1.29 is 17.9 Å². The highest BCUT2D eigenvalue weighted by atomic mass is 35.5. The van der Waals surface area contributed by atoms with E-state index in [1.807, 2.05) is 54.9 Å². The highest BCUT2D eigenvalue weighted by Gasteiger charge is 2.31. The SMILES string of the molecule is COc1cccc2c(C(c3ccc(C(F)(F)F)cc3)c3c[nH]c4ccccc34)c[nH]c12.Cl. The average molecular weight is 457 g/mol. The van der Waals surface area contributed by atoms with Crippen LogP contribution >= 0.6 is 12.4 Å². The quantitative estimate of drug-likeness (QED) is 0.293. The van der Waals surface area contributed by atoms with Gasteiger partial charge in [-0.2, -0.15) is 13.2 Å². The molecule has 0 aliphatic rings. The van der Waals surface area contributed by atoms with Crippen LogP contribution in [0.2, 0.25) is 0 Å². The van der Waals surface area contributed by atoms with E-state index in [1.54, 1.807) is 19.2 Å². The van der Waals surface area contributed by atoms with E-state index in [0.717, 1.165) is 50.6 Å². The molecule has 7 heteroatoms. The van der Waals surface area contributed by atoms with Gasteiger partial charge in [-0.05, 0) is 41.0 Å². The maximum absolute atomic E-state index is 13.1. The summed E-state index contributed by atoms with van der Waals surface area (Å²) in [7, 11) is 1.61. The second-order valence-electron chi connectivity index (χ2n) is 7.47. The van der Waals surface area contributed by atoms with Crippen molar-refractivity contribution in [3.8, 4) is 5.75 Å². The first-order chi connectivity index (χ1) is 15.0. The molecule has 0 saturated carbocycles. The maximum Gasteiger partial charge on any atom is 0.416 e. The molecule has 32 heavy (non-hydrogen) atoms. The van der Waals surface area contributed by atoms with Crippen LogP contribution in [0, 0.1) is 0 Å². The van der Waals surface area contributed by atoms with Gasteiger partial charge in [0.25, 0.3) is 0 Å². The molecule has 1 unspecified atom stereocenters. The first-order valence-electron chi connectivity index (χ1n) is 9.84. The zero-order valence-corrected chi connectivity index (χ0v) is 17.8. The molecule has 3 nitrogen and oxygen atoms in total. The van der Waals surface area contributed by atoms with Crippen LogP contribution in [0.1, 0.15) is 28.2 Å². The topological polar surface area (TPSA) is 40.8 Å². The number of aromatic amines is 2. The van der Waals surface area contributed by atoms with Gasteiger partial charge in [0.15, 0.2) is 0 Å². The number of methoxy groups -OCH3 is 1. The highest BCUT2D eigenvalue weighted by molar-refractivity contribution is 5.91. The fourth-order valence-electron chi connectivity index (χ4n) is 4.28. The third-order valence-electron chi connectivity index (χ3n) is 5.74. The highest BCUT2D eigenvalue weighted by Crippen LogP contribution is 2.41. The van der Waals surface area contributed by atoms with E-state index in [1.165, 1.54) is 0 Å². The number of H-pyrrole nitrogens is 2. The molecule has 1 atom stereocenters. The minimum atomic E-state index is -4.37. The van der Waals surface area contributed by atoms with Gasteiger partial charge in [-0.3, -0.25) is 0 Å². The van der Waals surface area contributed by atoms with Crippen LogP contribution in [0.3, 0.4) is 0 Å². The standard InChI is InChI=1S/C25H19F3N2O.ClH/c1-31-22-8-4-6-18-20(14-30-24(18)22)23(15-9-11-16(12-10-15)25(26,27)28)19-13-29-21-7-3-2-5-17(19)21;/h2-14,23,29-30H,1H3;1H. The van der Waals surface area contributed by atoms with Crippen LogP contribution in [0.4, 0.5) is 13.2 Å². The lowest BCUT2D eigenvalue weighted by atomic mass is 9.84. The Morgan fingerprint density at radius 3 is 2.16 bits per heavy atom. The molecule has 5 aromatic rings. The minimum absolute atomic E-state index is 0. The minimum Gasteiger partial charge on any atom is -0.495 e. The fourth-order valence-corrected chi connectivity index (χ4v) is 4.28. The van der Waals surface area contributed by atoms with Crippen molar-refractivity contribution in [2.45, 2.75) is 12.1 Å². The average Bonchev–Trinajstić information content (AvgIpc) is 3.39. The number of benzene rings is 3. The lowest BCUT2D eigenvalue weighted by Crippen LogP contribution is -2.07. The van der Waals surface area contributed by atoms with E-state index in [0.29, 0.717) is 5.75 Å². The molecule has 2 heterocycles. The molecule has 5 rings (SSSR count). The first-order valence-corrected chi connectivity index (χ1v) is 9.84. The predicted molar refractivity (Wildman–Crippen MR) is 123 cm³/mol. The van der Waals surface area contributed by atoms with E-state index < -0.39 is 11.7 Å². The summed E-state index contributed by atoms with van der Waals surface area (Å²) in [6, 6.07) is 19.1. The molecule has 164 valence electrons. The number of nitrogens with one attached hydrogen (secondary N) is 2. The van der Waals surface area contributed by atoms with Crippen LogP contribution in [-0.4, -0.2) is 17.1 Å². The maximum atomic E-state index is 13.1. The summed E-state index contributed by atoms with van der Waals surface area (Å²) in [5.74, 6) is 0.452. The second kappa shape index (κ2) is 8.28. The zero-order valence-electron chi connectivity index (χ0n) is 17.0. The Bertz CT molecular complexity index is 1370. The predicted octanol–water partition coefficient (Wildman–Crippen LogP) is 7.28. The van der Waals surface area contributed by atoms with Crippen LogP contribution in [0.15, 0.2) is 79.1 Å². The van der Waals surface area contributed by atoms with Gasteiger partial charge in [0, 0.05) is 34.6 Å². The number of rotatable bonds is 4. The Morgan fingerprint density at radius 1 is 0.781 bits per heavy atom. The van der Waals surface area contributed by atoms with Gasteiger partial charge in [-0.15, -0.1) is 12.4 Å². The van der Waals surface area contributed by atoms with Gasteiger partial charge in [0.1, 0.15) is 5.75 Å². The van der Waals surface area contributed by atoms with Crippen molar-refractivity contribution >= 4 is 34.2 Å². The summed E-state index contributed by atoms with van der Waals surface area (Å²) in [5.41, 5.74) is 3.93. The summed E-state index contributed by atoms with van der Waals surface area (Å²) < 4.78 is 44.9. The van der Waals surface area contributed by atoms with E-state index in [4.69, 9.17) is 4.74 Å². The number of fused-ring (bicyclic) bond motifs is 2. The Balaban J connectivity index is 0.00000245. The summed E-state index contributed by atoms with van der Waals surface area (Å²) in [4.78, 5) is 6.58. The molecule has 0 amide bonds. The van der Waals surface area contributed by atoms with E-state index >= 15 is 0 Å². The van der Waals surface area contributed by atoms with E-state index in [9.17, 15) is 13.2 Å². The second-order valence-corrected chi connectivity index (χ2v) is 7.47. The van der Waals surface area contributed by atoms with Crippen molar-refractivity contribution in [3.05, 3.63) is 101 Å². The molecule has 0 bridgehead atoms. The van der Waals surface area contributed by atoms with Gasteiger partial charge >= 0.3 is 6.18 Å². The van der Waals surface area contributed by atoms with Crippen LogP contribution < -0.4 is 4.74 Å². The third-order valence-corrected chi connectivity index (χ3v) is 5.74. The van der Waals surface area contributed by atoms with Gasteiger partial charge in [0.2, 0.25) is 0 Å². The number of para-hydroxylation sites is 2. The monoisotopic (exact) mass is 456 g/mol. The van der Waals surface area contributed by atoms with E-state index in [-0.39, 0.29) is 18.3 Å². The lowest BCUT2D eigenvalue weighted by Gasteiger charge is -2.18. The lowest BCUT2D eigenvalue weighted by molar-refractivity contribution is -0.137. The van der Waals surface area contributed by atoms with Gasteiger partial charge in [-0.1, -0.05) is 42.5 Å². The van der Waals surface area contributed by atoms with Crippen molar-refractivity contribution in [1.29, 1.82) is 0 Å². The number of hydrogen-bond donors (Lipinski definition) is 2. The summed E-state index contributed by atoms with van der Waals surface area (Å²) in [5, 5.41) is 2.00. The molecule has 2 aromatic heterocycles. The van der Waals surface area contributed by atoms with Crippen molar-refractivity contribution in [1.82, 2.24) is 9.97 Å². The fraction of sp³-hybridized carbons (Fsp3) is 0.120. The molecule has 0 aliphatic carbocycles. The van der Waals surface area contributed by atoms with E-state index in [2.05, 4.69) is 9.97 Å². The summed E-state index contributed by atoms with van der Waals surface area (Å²) in [6.45, 7) is 0. The number of hydrogen-bond acceptors (Lipinski definition) is 1. The largest absolute Gasteiger partial charge is 0.495 e. The number of halogens is 4. The van der Waals surface area contributed by atoms with Crippen molar-refractivity contribution in [2.24, 2.45) is 0 Å². The molecule has 0 saturated heterocycles. The van der Waals surface area contributed by atoms with Crippen molar-refractivity contribution in [2.75, 3.05) is 7.11 Å². The number of aromatic nitrogens is 2. The smallest absolute Gasteiger partial charge is 0.416 e. The molecular weight excluding hydrogens is 437 g/mol. The third kappa shape index (κ3) is 3.60. The molecule has 0 aliphatic heterocycles. The van der Waals surface area contributed by atoms with Gasteiger partial charge in [-0.25, -0.2) is 0 Å². The van der Waals surface area contributed by atoms with Gasteiger partial charge < -0.3 is 14.7 Å². The summed E-state index contributed by atoms with van der Waals surface area (Å²) in [6.07, 6.45) is -0.522. The molecular formula is C25H20ClF3N2O. The van der Waals surface area contributed by atoms with Gasteiger partial charge in [0.05, 0.1) is 18.2 Å². The van der Waals surface area contributed by atoms with Crippen molar-refractivity contribution in [3.63, 3.8) is 0 Å². The normalized spacial score (nSPS) is 12.6.